The number of amides is 3. The average molecular weight is 646 g/mol. The zero-order valence-corrected chi connectivity index (χ0v) is 28.2. The van der Waals surface area contributed by atoms with Crippen molar-refractivity contribution in [2.24, 2.45) is 23.7 Å². The third-order valence-corrected chi connectivity index (χ3v) is 12.5. The Bertz CT molecular complexity index is 1430. The maximum atomic E-state index is 15.1. The monoisotopic (exact) mass is 645 g/mol. The highest BCUT2D eigenvalue weighted by Crippen LogP contribution is 2.69. The van der Waals surface area contributed by atoms with Crippen LogP contribution < -0.4 is 9.64 Å². The van der Waals surface area contributed by atoms with Crippen LogP contribution in [0, 0.1) is 23.7 Å². The van der Waals surface area contributed by atoms with Gasteiger partial charge in [-0.15, -0.1) is 24.9 Å². The van der Waals surface area contributed by atoms with E-state index in [4.69, 9.17) is 4.74 Å². The second kappa shape index (κ2) is 14.1. The standard InChI is InChI=1S/C37H47N3O5S/c1-7-19-38(22-26-13-11-10-12-14-26)34(42)31-30-21-25(5)37(46-30)32(31)35(43)40(29(23-41)24(4)9-3)33(37)36(44)39(20-8-2)27-15-17-28(45-6)18-16-27/h7-8,10-18,24-25,29-33,41H,1-2,9,19-23H2,3-6H3/t24-,25?,29-,30+,31-,32-,33?,37?/m0/s1. The maximum absolute atomic E-state index is 15.1. The Hall–Kier alpha value is -3.56. The first kappa shape index (κ1) is 33.8. The lowest BCUT2D eigenvalue weighted by molar-refractivity contribution is -0.146. The highest BCUT2D eigenvalue weighted by molar-refractivity contribution is 8.02. The van der Waals surface area contributed by atoms with E-state index in [1.807, 2.05) is 56.3 Å². The van der Waals surface area contributed by atoms with Crippen molar-refractivity contribution in [3.05, 3.63) is 85.5 Å². The van der Waals surface area contributed by atoms with Gasteiger partial charge in [-0.1, -0.05) is 69.7 Å². The number of methoxy groups -OCH3 is 1. The number of aliphatic hydroxyl groups is 1. The lowest BCUT2D eigenvalue weighted by atomic mass is 9.65. The fourth-order valence-electron chi connectivity index (χ4n) is 7.96. The number of thioether (sulfide) groups is 1. The summed E-state index contributed by atoms with van der Waals surface area (Å²) in [6, 6.07) is 15.7. The fourth-order valence-corrected chi connectivity index (χ4v) is 10.4. The molecule has 9 heteroatoms. The number of carbonyl (C=O) groups is 3. The van der Waals surface area contributed by atoms with Crippen LogP contribution >= 0.6 is 11.8 Å². The average Bonchev–Trinajstić information content (AvgIpc) is 3.67. The highest BCUT2D eigenvalue weighted by Gasteiger charge is 2.77. The summed E-state index contributed by atoms with van der Waals surface area (Å²) in [7, 11) is 1.59. The second-order valence-corrected chi connectivity index (χ2v) is 14.4. The van der Waals surface area contributed by atoms with E-state index in [0.717, 1.165) is 18.4 Å². The second-order valence-electron chi connectivity index (χ2n) is 12.9. The fraction of sp³-hybridized carbons (Fsp3) is 0.486. The van der Waals surface area contributed by atoms with Gasteiger partial charge < -0.3 is 24.5 Å². The van der Waals surface area contributed by atoms with E-state index in [9.17, 15) is 14.7 Å². The summed E-state index contributed by atoms with van der Waals surface area (Å²) in [5.74, 6) is -1.16. The van der Waals surface area contributed by atoms with Gasteiger partial charge in [0.1, 0.15) is 11.8 Å². The van der Waals surface area contributed by atoms with Gasteiger partial charge in [-0.3, -0.25) is 14.4 Å². The number of hydrogen-bond donors (Lipinski definition) is 1. The number of fused-ring (bicyclic) bond motifs is 1. The van der Waals surface area contributed by atoms with Crippen LogP contribution in [0.3, 0.4) is 0 Å². The first-order valence-electron chi connectivity index (χ1n) is 16.3. The van der Waals surface area contributed by atoms with Crippen LogP contribution in [0.5, 0.6) is 5.75 Å². The Morgan fingerprint density at radius 3 is 2.37 bits per heavy atom. The third kappa shape index (κ3) is 5.66. The largest absolute Gasteiger partial charge is 0.497 e. The van der Waals surface area contributed by atoms with Crippen molar-refractivity contribution in [1.82, 2.24) is 9.80 Å². The van der Waals surface area contributed by atoms with Crippen LogP contribution in [0.2, 0.25) is 0 Å². The van der Waals surface area contributed by atoms with E-state index in [1.54, 1.807) is 57.9 Å². The molecule has 3 aliphatic heterocycles. The van der Waals surface area contributed by atoms with E-state index < -0.39 is 28.7 Å². The van der Waals surface area contributed by atoms with E-state index in [1.165, 1.54) is 0 Å². The lowest BCUT2D eigenvalue weighted by Crippen LogP contribution is -2.60. The summed E-state index contributed by atoms with van der Waals surface area (Å²) in [6.07, 6.45) is 4.86. The van der Waals surface area contributed by atoms with E-state index in [0.29, 0.717) is 24.5 Å². The zero-order chi connectivity index (χ0) is 33.2. The van der Waals surface area contributed by atoms with Crippen LogP contribution in [0.15, 0.2) is 79.9 Å². The molecule has 3 heterocycles. The predicted molar refractivity (Wildman–Crippen MR) is 183 cm³/mol. The van der Waals surface area contributed by atoms with Crippen molar-refractivity contribution in [3.63, 3.8) is 0 Å². The van der Waals surface area contributed by atoms with Crippen molar-refractivity contribution in [2.75, 3.05) is 31.7 Å². The molecule has 3 saturated heterocycles. The van der Waals surface area contributed by atoms with Crippen LogP contribution in [-0.4, -0.2) is 81.5 Å². The summed E-state index contributed by atoms with van der Waals surface area (Å²) in [5, 5.41) is 10.7. The molecule has 246 valence electrons. The lowest BCUT2D eigenvalue weighted by Gasteiger charge is -2.43. The molecule has 5 rings (SSSR count). The van der Waals surface area contributed by atoms with E-state index in [2.05, 4.69) is 20.1 Å². The molecule has 0 radical (unpaired) electrons. The number of benzene rings is 2. The van der Waals surface area contributed by atoms with Crippen molar-refractivity contribution in [1.29, 1.82) is 0 Å². The first-order valence-corrected chi connectivity index (χ1v) is 17.2. The third-order valence-electron chi connectivity index (χ3n) is 10.4. The Morgan fingerprint density at radius 2 is 1.78 bits per heavy atom. The minimum atomic E-state index is -0.858. The number of aliphatic hydroxyl groups excluding tert-OH is 1. The maximum Gasteiger partial charge on any atom is 0.251 e. The predicted octanol–water partition coefficient (Wildman–Crippen LogP) is 5.17. The minimum absolute atomic E-state index is 0.000785. The van der Waals surface area contributed by atoms with E-state index in [-0.39, 0.29) is 48.0 Å². The number of anilines is 1. The number of nitrogens with zero attached hydrogens (tertiary/aromatic N) is 3. The Labute approximate surface area is 277 Å². The zero-order valence-electron chi connectivity index (χ0n) is 27.4. The summed E-state index contributed by atoms with van der Waals surface area (Å²) in [4.78, 5) is 49.7. The summed E-state index contributed by atoms with van der Waals surface area (Å²) in [5.41, 5.74) is 1.67. The first-order chi connectivity index (χ1) is 22.2. The summed E-state index contributed by atoms with van der Waals surface area (Å²) < 4.78 is 4.53. The molecule has 2 aromatic carbocycles. The SMILES string of the molecule is C=CCN(Cc1ccccc1)C(=O)[C@@H]1[C@H]2C(=O)N([C@@H](CO)[C@@H](C)CC)C(C(=O)N(CC=C)c3ccc(OC)cc3)C23S[C@@H]1CC3C. The quantitative estimate of drug-likeness (QED) is 0.285. The topological polar surface area (TPSA) is 90.4 Å². The van der Waals surface area contributed by atoms with Gasteiger partial charge in [-0.05, 0) is 48.1 Å². The molecule has 0 aliphatic carbocycles. The molecule has 0 saturated carbocycles. The van der Waals surface area contributed by atoms with Gasteiger partial charge >= 0.3 is 0 Å². The smallest absolute Gasteiger partial charge is 0.251 e. The molecular weight excluding hydrogens is 598 g/mol. The number of likely N-dealkylation sites (tertiary alicyclic amines) is 1. The van der Waals surface area contributed by atoms with Crippen LogP contribution in [0.1, 0.15) is 39.2 Å². The van der Waals surface area contributed by atoms with Gasteiger partial charge in [0.15, 0.2) is 0 Å². The molecule has 8 nitrogen and oxygen atoms in total. The Kier molecular flexibility index (Phi) is 10.3. The van der Waals surface area contributed by atoms with Crippen molar-refractivity contribution in [2.45, 2.75) is 62.2 Å². The van der Waals surface area contributed by atoms with Crippen LogP contribution in [0.25, 0.3) is 0 Å². The van der Waals surface area contributed by atoms with Gasteiger partial charge in [-0.2, -0.15) is 0 Å². The molecule has 0 aromatic heterocycles. The number of rotatable bonds is 14. The normalized spacial score (nSPS) is 27.5. The van der Waals surface area contributed by atoms with Crippen LogP contribution in [0.4, 0.5) is 5.69 Å². The molecule has 3 unspecified atom stereocenters. The van der Waals surface area contributed by atoms with Crippen molar-refractivity contribution < 1.29 is 24.2 Å². The van der Waals surface area contributed by atoms with E-state index >= 15 is 4.79 Å². The molecule has 2 bridgehead atoms. The van der Waals surface area contributed by atoms with Gasteiger partial charge in [0, 0.05) is 30.6 Å². The van der Waals surface area contributed by atoms with Crippen molar-refractivity contribution in [3.8, 4) is 5.75 Å². The van der Waals surface area contributed by atoms with Gasteiger partial charge in [-0.25, -0.2) is 0 Å². The minimum Gasteiger partial charge on any atom is -0.497 e. The van der Waals surface area contributed by atoms with Gasteiger partial charge in [0.25, 0.3) is 5.91 Å². The number of ether oxygens (including phenoxy) is 1. The molecule has 8 atom stereocenters. The van der Waals surface area contributed by atoms with Gasteiger partial charge in [0.2, 0.25) is 11.8 Å². The summed E-state index contributed by atoms with van der Waals surface area (Å²) >= 11 is 1.65. The molecule has 2 aromatic rings. The molecule has 3 fully saturated rings. The molecule has 1 spiro atoms. The molecule has 1 N–H and O–H groups in total. The highest BCUT2D eigenvalue weighted by atomic mass is 32.2. The molecule has 46 heavy (non-hydrogen) atoms. The molecular formula is C37H47N3O5S. The van der Waals surface area contributed by atoms with Gasteiger partial charge in [0.05, 0.1) is 36.3 Å². The van der Waals surface area contributed by atoms with Crippen LogP contribution in [-0.2, 0) is 20.9 Å². The van der Waals surface area contributed by atoms with Crippen molar-refractivity contribution >= 4 is 35.2 Å². The molecule has 3 aliphatic rings. The Morgan fingerprint density at radius 1 is 1.11 bits per heavy atom. The summed E-state index contributed by atoms with van der Waals surface area (Å²) in [6.45, 7) is 14.7. The number of carbonyl (C=O) groups excluding carboxylic acids is 3. The Balaban J connectivity index is 1.61. The molecule has 3 amide bonds. The number of hydrogen-bond acceptors (Lipinski definition) is 6.